The van der Waals surface area contributed by atoms with Crippen molar-refractivity contribution in [3.63, 3.8) is 0 Å². The van der Waals surface area contributed by atoms with Gasteiger partial charge in [-0.05, 0) is 18.6 Å². The second-order valence-electron chi connectivity index (χ2n) is 5.09. The van der Waals surface area contributed by atoms with Crippen molar-refractivity contribution in [1.29, 1.82) is 0 Å². The van der Waals surface area contributed by atoms with Crippen molar-refractivity contribution in [3.8, 4) is 11.4 Å². The van der Waals surface area contributed by atoms with Gasteiger partial charge in [0, 0.05) is 6.07 Å². The lowest BCUT2D eigenvalue weighted by Gasteiger charge is -2.15. The Labute approximate surface area is 131 Å². The van der Waals surface area contributed by atoms with Crippen LogP contribution in [0.25, 0.3) is 5.69 Å². The van der Waals surface area contributed by atoms with E-state index in [1.165, 1.54) is 4.57 Å². The molecule has 23 heavy (non-hydrogen) atoms. The molecule has 0 radical (unpaired) electrons. The zero-order valence-electron chi connectivity index (χ0n) is 12.5. The van der Waals surface area contributed by atoms with E-state index < -0.39 is 17.4 Å². The molecule has 1 aromatic carbocycles. The number of hydrogen-bond acceptors (Lipinski definition) is 5. The molecule has 0 aliphatic carbocycles. The van der Waals surface area contributed by atoms with E-state index >= 15 is 0 Å². The Kier molecular flexibility index (Phi) is 3.61. The molecule has 7 nitrogen and oxygen atoms in total. The number of ether oxygens (including phenoxy) is 1. The summed E-state index contributed by atoms with van der Waals surface area (Å²) in [6, 6.07) is 8.01. The molecule has 0 unspecified atom stereocenters. The van der Waals surface area contributed by atoms with E-state index in [-0.39, 0.29) is 16.9 Å². The maximum absolute atomic E-state index is 12.4. The fourth-order valence-electron chi connectivity index (χ4n) is 2.50. The van der Waals surface area contributed by atoms with Crippen LogP contribution in [-0.2, 0) is 0 Å². The first-order valence-electron chi connectivity index (χ1n) is 7.18. The number of carbonyl (C=O) groups excluding carboxylic acids is 2. The molecule has 1 aliphatic heterocycles. The summed E-state index contributed by atoms with van der Waals surface area (Å²) in [6.45, 7) is 2.45. The van der Waals surface area contributed by atoms with Crippen LogP contribution in [0, 0.1) is 0 Å². The fraction of sp³-hybridized carbons (Fsp3) is 0.188. The van der Waals surface area contributed by atoms with Gasteiger partial charge in [-0.1, -0.05) is 19.1 Å². The summed E-state index contributed by atoms with van der Waals surface area (Å²) in [5.41, 5.74) is 5.95. The lowest BCUT2D eigenvalue weighted by Crippen LogP contribution is -2.24. The molecule has 0 saturated carbocycles. The fourth-order valence-corrected chi connectivity index (χ4v) is 2.50. The summed E-state index contributed by atoms with van der Waals surface area (Å²) in [7, 11) is 0. The second kappa shape index (κ2) is 5.60. The number of amides is 2. The maximum Gasteiger partial charge on any atom is 0.262 e. The van der Waals surface area contributed by atoms with Crippen molar-refractivity contribution < 1.29 is 14.3 Å². The number of imide groups is 1. The third kappa shape index (κ3) is 2.36. The molecule has 2 amide bonds. The minimum Gasteiger partial charge on any atom is -0.491 e. The topological polar surface area (TPSA) is 103 Å². The lowest BCUT2D eigenvalue weighted by molar-refractivity contribution is 0.0880. The van der Waals surface area contributed by atoms with E-state index in [9.17, 15) is 14.4 Å². The van der Waals surface area contributed by atoms with Crippen LogP contribution in [0.15, 0.2) is 35.1 Å². The highest BCUT2D eigenvalue weighted by molar-refractivity contribution is 6.23. The van der Waals surface area contributed by atoms with E-state index in [0.29, 0.717) is 18.0 Å². The average Bonchev–Trinajstić information content (AvgIpc) is 2.80. The first kappa shape index (κ1) is 14.8. The van der Waals surface area contributed by atoms with Gasteiger partial charge in [0.25, 0.3) is 17.4 Å². The monoisotopic (exact) mass is 313 g/mol. The molecule has 0 bridgehead atoms. The first-order valence-corrected chi connectivity index (χ1v) is 7.18. The summed E-state index contributed by atoms with van der Waals surface area (Å²) in [6.07, 6.45) is 0.805. The molecule has 3 N–H and O–H groups in total. The highest BCUT2D eigenvalue weighted by Gasteiger charge is 2.32. The molecule has 2 aromatic rings. The number of hydrogen-bond donors (Lipinski definition) is 2. The predicted molar refractivity (Wildman–Crippen MR) is 84.0 cm³/mol. The number of carbonyl (C=O) groups is 2. The molecular formula is C16H15N3O4. The van der Waals surface area contributed by atoms with E-state index in [0.717, 1.165) is 12.5 Å². The lowest BCUT2D eigenvalue weighted by atomic mass is 10.1. The van der Waals surface area contributed by atoms with E-state index in [4.69, 9.17) is 10.5 Å². The van der Waals surface area contributed by atoms with Crippen LogP contribution in [-0.4, -0.2) is 23.0 Å². The van der Waals surface area contributed by atoms with Gasteiger partial charge >= 0.3 is 0 Å². The number of nitrogens with one attached hydrogen (secondary N) is 1. The molecule has 2 heterocycles. The summed E-state index contributed by atoms with van der Waals surface area (Å²) >= 11 is 0. The van der Waals surface area contributed by atoms with Crippen molar-refractivity contribution >= 4 is 17.6 Å². The van der Waals surface area contributed by atoms with Crippen LogP contribution in [0.2, 0.25) is 0 Å². The largest absolute Gasteiger partial charge is 0.491 e. The van der Waals surface area contributed by atoms with Gasteiger partial charge in [0.1, 0.15) is 11.6 Å². The highest BCUT2D eigenvalue weighted by Crippen LogP contribution is 2.27. The zero-order chi connectivity index (χ0) is 16.6. The molecule has 0 spiro atoms. The Hall–Kier alpha value is -3.09. The summed E-state index contributed by atoms with van der Waals surface area (Å²) < 4.78 is 6.82. The molecular weight excluding hydrogens is 298 g/mol. The van der Waals surface area contributed by atoms with Gasteiger partial charge in [-0.2, -0.15) is 0 Å². The maximum atomic E-state index is 12.4. The second-order valence-corrected chi connectivity index (χ2v) is 5.09. The number of nitrogens with zero attached hydrogens (tertiary/aromatic N) is 1. The van der Waals surface area contributed by atoms with Crippen LogP contribution >= 0.6 is 0 Å². The van der Waals surface area contributed by atoms with E-state index in [1.807, 2.05) is 6.92 Å². The molecule has 0 fully saturated rings. The van der Waals surface area contributed by atoms with Crippen molar-refractivity contribution in [3.05, 3.63) is 51.8 Å². The highest BCUT2D eigenvalue weighted by atomic mass is 16.5. The number of aromatic nitrogens is 1. The number of para-hydroxylation sites is 2. The van der Waals surface area contributed by atoms with Gasteiger partial charge in [0.15, 0.2) is 0 Å². The Morgan fingerprint density at radius 2 is 1.91 bits per heavy atom. The molecule has 7 heteroatoms. The van der Waals surface area contributed by atoms with Gasteiger partial charge in [-0.3, -0.25) is 24.3 Å². The average molecular weight is 313 g/mol. The normalized spacial score (nSPS) is 12.9. The molecule has 1 aliphatic rings. The van der Waals surface area contributed by atoms with Gasteiger partial charge < -0.3 is 10.5 Å². The molecule has 3 rings (SSSR count). The predicted octanol–water partition coefficient (Wildman–Crippen LogP) is 1.09. The van der Waals surface area contributed by atoms with Gasteiger partial charge in [-0.15, -0.1) is 0 Å². The standard InChI is InChI=1S/C16H15N3O4/c1-2-7-23-11-6-4-3-5-10(11)19-12(20)8-9-13(14(19)17)16(22)18-15(9)21/h3-6,8H,2,7,17H2,1H3,(H,18,21,22). The molecule has 1 aromatic heterocycles. The quantitative estimate of drug-likeness (QED) is 0.822. The van der Waals surface area contributed by atoms with Crippen molar-refractivity contribution in [2.24, 2.45) is 0 Å². The number of anilines is 1. The van der Waals surface area contributed by atoms with Gasteiger partial charge in [0.2, 0.25) is 0 Å². The molecule has 0 saturated heterocycles. The minimum atomic E-state index is -0.614. The number of nitrogen functional groups attached to an aromatic ring is 1. The Balaban J connectivity index is 2.23. The Morgan fingerprint density at radius 3 is 2.65 bits per heavy atom. The number of rotatable bonds is 4. The smallest absolute Gasteiger partial charge is 0.262 e. The Morgan fingerprint density at radius 1 is 1.17 bits per heavy atom. The van der Waals surface area contributed by atoms with Crippen LogP contribution < -0.4 is 21.3 Å². The zero-order valence-corrected chi connectivity index (χ0v) is 12.5. The van der Waals surface area contributed by atoms with E-state index in [2.05, 4.69) is 5.32 Å². The summed E-state index contributed by atoms with van der Waals surface area (Å²) in [4.78, 5) is 36.0. The van der Waals surface area contributed by atoms with Gasteiger partial charge in [-0.25, -0.2) is 0 Å². The van der Waals surface area contributed by atoms with Crippen molar-refractivity contribution in [2.75, 3.05) is 12.3 Å². The van der Waals surface area contributed by atoms with Crippen LogP contribution in [0.5, 0.6) is 5.75 Å². The summed E-state index contributed by atoms with van der Waals surface area (Å²) in [5, 5.41) is 2.14. The van der Waals surface area contributed by atoms with Crippen LogP contribution in [0.1, 0.15) is 34.1 Å². The SMILES string of the molecule is CCCOc1ccccc1-n1c(N)c2c(cc1=O)C(=O)NC2=O. The number of pyridine rings is 1. The molecule has 0 atom stereocenters. The number of fused-ring (bicyclic) bond motifs is 1. The third-order valence-corrected chi connectivity index (χ3v) is 3.52. The summed E-state index contributed by atoms with van der Waals surface area (Å²) in [5.74, 6) is -0.823. The first-order chi connectivity index (χ1) is 11.0. The van der Waals surface area contributed by atoms with Crippen LogP contribution in [0.3, 0.4) is 0 Å². The molecule has 118 valence electrons. The Bertz CT molecular complexity index is 870. The van der Waals surface area contributed by atoms with Crippen LogP contribution in [0.4, 0.5) is 5.82 Å². The number of nitrogens with two attached hydrogens (primary N) is 1. The minimum absolute atomic E-state index is 0.000655. The van der Waals surface area contributed by atoms with Crippen molar-refractivity contribution in [1.82, 2.24) is 9.88 Å². The van der Waals surface area contributed by atoms with E-state index in [1.54, 1.807) is 24.3 Å². The third-order valence-electron chi connectivity index (χ3n) is 3.52. The number of benzene rings is 1. The van der Waals surface area contributed by atoms with Gasteiger partial charge in [0.05, 0.1) is 23.4 Å². The van der Waals surface area contributed by atoms with Crippen molar-refractivity contribution in [2.45, 2.75) is 13.3 Å².